The van der Waals surface area contributed by atoms with E-state index in [2.05, 4.69) is 5.32 Å². The number of Topliss-reactive ketones (excluding diaryl/α,β-unsaturated/α-hetero) is 1. The van der Waals surface area contributed by atoms with E-state index in [0.717, 1.165) is 6.54 Å². The average molecular weight is 130 g/mol. The molecule has 0 aliphatic rings. The van der Waals surface area contributed by atoms with Crippen LogP contribution in [0.15, 0.2) is 0 Å². The van der Waals surface area contributed by atoms with Gasteiger partial charge in [0.2, 0.25) is 0 Å². The minimum absolute atomic E-state index is 0.0665. The van der Waals surface area contributed by atoms with Crippen LogP contribution in [0.2, 0.25) is 0 Å². The SMILES string of the molecule is CCNCC(=O)C(C)N. The van der Waals surface area contributed by atoms with Gasteiger partial charge in [-0.25, -0.2) is 0 Å². The summed E-state index contributed by atoms with van der Waals surface area (Å²) in [6, 6.07) is -0.330. The van der Waals surface area contributed by atoms with Crippen LogP contribution in [-0.2, 0) is 4.79 Å². The Kier molecular flexibility index (Phi) is 4.26. The number of carbonyl (C=O) groups excluding carboxylic acids is 1. The summed E-state index contributed by atoms with van der Waals surface area (Å²) in [4.78, 5) is 10.7. The molecule has 0 aromatic carbocycles. The van der Waals surface area contributed by atoms with Gasteiger partial charge in [-0.05, 0) is 13.5 Å². The predicted molar refractivity (Wildman–Crippen MR) is 37.2 cm³/mol. The summed E-state index contributed by atoms with van der Waals surface area (Å²) in [6.07, 6.45) is 0. The Bertz CT molecular complexity index is 91.1. The van der Waals surface area contributed by atoms with Crippen molar-refractivity contribution in [2.45, 2.75) is 19.9 Å². The lowest BCUT2D eigenvalue weighted by atomic mass is 10.2. The number of hydrogen-bond donors (Lipinski definition) is 2. The molecule has 0 heterocycles. The first-order valence-electron chi connectivity index (χ1n) is 3.17. The van der Waals surface area contributed by atoms with Gasteiger partial charge in [-0.15, -0.1) is 0 Å². The van der Waals surface area contributed by atoms with Crippen LogP contribution in [0, 0.1) is 0 Å². The second kappa shape index (κ2) is 4.47. The highest BCUT2D eigenvalue weighted by atomic mass is 16.1. The van der Waals surface area contributed by atoms with E-state index in [1.165, 1.54) is 0 Å². The Balaban J connectivity index is 3.28. The van der Waals surface area contributed by atoms with Crippen LogP contribution in [0.3, 0.4) is 0 Å². The van der Waals surface area contributed by atoms with Crippen molar-refractivity contribution in [2.75, 3.05) is 13.1 Å². The Hall–Kier alpha value is -0.410. The predicted octanol–water partition coefficient (Wildman–Crippen LogP) is -0.488. The fourth-order valence-corrected chi connectivity index (χ4v) is 0.409. The standard InChI is InChI=1S/C6H14N2O/c1-3-8-4-6(9)5(2)7/h5,8H,3-4,7H2,1-2H3. The topological polar surface area (TPSA) is 55.1 Å². The number of hydrogen-bond acceptors (Lipinski definition) is 3. The lowest BCUT2D eigenvalue weighted by molar-refractivity contribution is -0.119. The highest BCUT2D eigenvalue weighted by Crippen LogP contribution is 1.75. The van der Waals surface area contributed by atoms with Gasteiger partial charge in [0.1, 0.15) is 0 Å². The van der Waals surface area contributed by atoms with Crippen LogP contribution in [-0.4, -0.2) is 24.9 Å². The quantitative estimate of drug-likeness (QED) is 0.540. The van der Waals surface area contributed by atoms with Gasteiger partial charge in [0.05, 0.1) is 12.6 Å². The molecular formula is C6H14N2O. The largest absolute Gasteiger partial charge is 0.322 e. The van der Waals surface area contributed by atoms with E-state index < -0.39 is 0 Å². The fourth-order valence-electron chi connectivity index (χ4n) is 0.409. The van der Waals surface area contributed by atoms with Crippen molar-refractivity contribution in [3.8, 4) is 0 Å². The first-order chi connectivity index (χ1) is 4.18. The summed E-state index contributed by atoms with van der Waals surface area (Å²) in [5, 5.41) is 2.90. The van der Waals surface area contributed by atoms with Gasteiger partial charge in [0, 0.05) is 0 Å². The second-order valence-corrected chi connectivity index (χ2v) is 2.04. The fraction of sp³-hybridized carbons (Fsp3) is 0.833. The van der Waals surface area contributed by atoms with Crippen LogP contribution in [0.5, 0.6) is 0 Å². The maximum absolute atomic E-state index is 10.7. The van der Waals surface area contributed by atoms with Crippen molar-refractivity contribution in [3.05, 3.63) is 0 Å². The first-order valence-corrected chi connectivity index (χ1v) is 3.17. The maximum Gasteiger partial charge on any atom is 0.162 e. The molecule has 3 nitrogen and oxygen atoms in total. The third kappa shape index (κ3) is 4.12. The number of nitrogens with one attached hydrogen (secondary N) is 1. The lowest BCUT2D eigenvalue weighted by Crippen LogP contribution is -2.35. The molecule has 0 saturated heterocycles. The smallest absolute Gasteiger partial charge is 0.162 e. The van der Waals surface area contributed by atoms with Crippen LogP contribution in [0.4, 0.5) is 0 Å². The molecule has 0 rings (SSSR count). The highest BCUT2D eigenvalue weighted by Gasteiger charge is 2.04. The summed E-state index contributed by atoms with van der Waals surface area (Å²) in [7, 11) is 0. The zero-order valence-electron chi connectivity index (χ0n) is 5.98. The number of ketones is 1. The summed E-state index contributed by atoms with van der Waals surface area (Å²) in [5.41, 5.74) is 5.29. The highest BCUT2D eigenvalue weighted by molar-refractivity contribution is 5.85. The van der Waals surface area contributed by atoms with Gasteiger partial charge in [0.25, 0.3) is 0 Å². The van der Waals surface area contributed by atoms with Crippen molar-refractivity contribution in [2.24, 2.45) is 5.73 Å². The molecule has 0 saturated carbocycles. The average Bonchev–Trinajstić information content (AvgIpc) is 1.82. The van der Waals surface area contributed by atoms with Gasteiger partial charge in [0.15, 0.2) is 5.78 Å². The van der Waals surface area contributed by atoms with E-state index in [1.807, 2.05) is 6.92 Å². The molecule has 3 heteroatoms. The van der Waals surface area contributed by atoms with Crippen molar-refractivity contribution >= 4 is 5.78 Å². The van der Waals surface area contributed by atoms with E-state index in [9.17, 15) is 4.79 Å². The van der Waals surface area contributed by atoms with E-state index in [1.54, 1.807) is 6.92 Å². The molecule has 0 amide bonds. The zero-order valence-corrected chi connectivity index (χ0v) is 5.98. The van der Waals surface area contributed by atoms with Gasteiger partial charge in [-0.3, -0.25) is 4.79 Å². The molecule has 0 radical (unpaired) electrons. The van der Waals surface area contributed by atoms with E-state index in [4.69, 9.17) is 5.73 Å². The molecular weight excluding hydrogens is 116 g/mol. The molecule has 0 spiro atoms. The molecule has 0 fully saturated rings. The number of likely N-dealkylation sites (N-methyl/N-ethyl adjacent to an activating group) is 1. The Morgan fingerprint density at radius 1 is 1.78 bits per heavy atom. The number of carbonyl (C=O) groups is 1. The second-order valence-electron chi connectivity index (χ2n) is 2.04. The van der Waals surface area contributed by atoms with Crippen molar-refractivity contribution in [3.63, 3.8) is 0 Å². The molecule has 54 valence electrons. The van der Waals surface area contributed by atoms with Gasteiger partial charge in [-0.1, -0.05) is 6.92 Å². The van der Waals surface area contributed by atoms with Gasteiger partial charge in [-0.2, -0.15) is 0 Å². The van der Waals surface area contributed by atoms with Crippen LogP contribution in [0.1, 0.15) is 13.8 Å². The molecule has 9 heavy (non-hydrogen) atoms. The maximum atomic E-state index is 10.7. The van der Waals surface area contributed by atoms with Gasteiger partial charge >= 0.3 is 0 Å². The minimum atomic E-state index is -0.330. The molecule has 1 unspecified atom stereocenters. The summed E-state index contributed by atoms with van der Waals surface area (Å²) in [6.45, 7) is 4.86. The number of nitrogens with two attached hydrogens (primary N) is 1. The molecule has 3 N–H and O–H groups in total. The third-order valence-electron chi connectivity index (χ3n) is 1.06. The summed E-state index contributed by atoms with van der Waals surface area (Å²) < 4.78 is 0. The van der Waals surface area contributed by atoms with E-state index in [0.29, 0.717) is 6.54 Å². The van der Waals surface area contributed by atoms with E-state index in [-0.39, 0.29) is 11.8 Å². The molecule has 0 aliphatic carbocycles. The molecule has 0 aromatic heterocycles. The minimum Gasteiger partial charge on any atom is -0.322 e. The first kappa shape index (κ1) is 8.59. The van der Waals surface area contributed by atoms with Crippen molar-refractivity contribution in [1.29, 1.82) is 0 Å². The Morgan fingerprint density at radius 2 is 2.33 bits per heavy atom. The van der Waals surface area contributed by atoms with Gasteiger partial charge < -0.3 is 11.1 Å². The van der Waals surface area contributed by atoms with Crippen LogP contribution < -0.4 is 11.1 Å². The molecule has 0 bridgehead atoms. The van der Waals surface area contributed by atoms with Crippen molar-refractivity contribution < 1.29 is 4.79 Å². The molecule has 0 aliphatic heterocycles. The molecule has 0 aromatic rings. The lowest BCUT2D eigenvalue weighted by Gasteiger charge is -2.02. The molecule has 1 atom stereocenters. The van der Waals surface area contributed by atoms with Crippen LogP contribution in [0.25, 0.3) is 0 Å². The van der Waals surface area contributed by atoms with Crippen LogP contribution >= 0.6 is 0 Å². The zero-order chi connectivity index (χ0) is 7.28. The van der Waals surface area contributed by atoms with Crippen molar-refractivity contribution in [1.82, 2.24) is 5.32 Å². The normalized spacial score (nSPS) is 13.2. The van der Waals surface area contributed by atoms with E-state index >= 15 is 0 Å². The summed E-state index contributed by atoms with van der Waals surface area (Å²) >= 11 is 0. The third-order valence-corrected chi connectivity index (χ3v) is 1.06. The Labute approximate surface area is 55.6 Å². The summed E-state index contributed by atoms with van der Waals surface area (Å²) in [5.74, 6) is 0.0665. The Morgan fingerprint density at radius 3 is 2.67 bits per heavy atom. The number of rotatable bonds is 4. The monoisotopic (exact) mass is 130 g/mol.